The predicted molar refractivity (Wildman–Crippen MR) is 146 cm³/mol. The van der Waals surface area contributed by atoms with Crippen LogP contribution in [0.15, 0.2) is 76.7 Å². The van der Waals surface area contributed by atoms with Crippen molar-refractivity contribution < 1.29 is 8.78 Å². The highest BCUT2D eigenvalue weighted by Crippen LogP contribution is 2.44. The molecule has 4 heterocycles. The number of thiophene rings is 1. The molecule has 0 fully saturated rings. The first-order valence-electron chi connectivity index (χ1n) is 11.5. The van der Waals surface area contributed by atoms with Gasteiger partial charge in [0.1, 0.15) is 10.4 Å². The summed E-state index contributed by atoms with van der Waals surface area (Å²) in [5.41, 5.74) is 0.282. The summed E-state index contributed by atoms with van der Waals surface area (Å²) in [6, 6.07) is 14.0. The molecule has 6 aromatic rings. The Hall–Kier alpha value is -4.15. The SMILES string of the molecule is Cn1cc(-c2cccc(Cl)c2-c2cc3[nH]c(=O)n(-c4cncc5ccccc45)c(=O)c3s2)c(C(C)(F)F)n1. The lowest BCUT2D eigenvalue weighted by Gasteiger charge is -2.13. The Balaban J connectivity index is 1.60. The number of benzene rings is 2. The number of alkyl halides is 2. The third-order valence-corrected chi connectivity index (χ3v) is 7.71. The molecule has 1 N–H and O–H groups in total. The van der Waals surface area contributed by atoms with E-state index in [1.54, 1.807) is 37.5 Å². The number of fused-ring (bicyclic) bond motifs is 2. The van der Waals surface area contributed by atoms with E-state index >= 15 is 0 Å². The number of aryl methyl sites for hydroxylation is 1. The molecule has 0 saturated carbocycles. The molecule has 4 aromatic heterocycles. The average Bonchev–Trinajstić information content (AvgIpc) is 3.47. The third kappa shape index (κ3) is 3.84. The van der Waals surface area contributed by atoms with Gasteiger partial charge in [0.05, 0.1) is 17.4 Å². The Bertz CT molecular complexity index is 2000. The van der Waals surface area contributed by atoms with Gasteiger partial charge in [-0.1, -0.05) is 48.0 Å². The standard InChI is InChI=1S/C27H18ClF2N5O2S/c1-27(29,30)24-17(13-34(2)33-24)16-8-5-9-18(28)22(16)21-10-19-23(38-21)25(36)35(26(37)32-19)20-12-31-11-14-6-3-4-7-15(14)20/h3-13H,1-2H3,(H,32,37). The fraction of sp³-hybridized carbons (Fsp3) is 0.111. The maximum atomic E-state index is 14.4. The number of hydrogen-bond donors (Lipinski definition) is 1. The summed E-state index contributed by atoms with van der Waals surface area (Å²) in [6.45, 7) is 0.790. The molecule has 0 bridgehead atoms. The van der Waals surface area contributed by atoms with Gasteiger partial charge in [0, 0.05) is 58.2 Å². The zero-order valence-electron chi connectivity index (χ0n) is 20.0. The summed E-state index contributed by atoms with van der Waals surface area (Å²) in [7, 11) is 1.57. The van der Waals surface area contributed by atoms with E-state index < -0.39 is 17.2 Å². The quantitative estimate of drug-likeness (QED) is 0.287. The summed E-state index contributed by atoms with van der Waals surface area (Å²) in [5.74, 6) is -3.19. The van der Waals surface area contributed by atoms with Crippen molar-refractivity contribution in [2.75, 3.05) is 0 Å². The molecule has 0 saturated heterocycles. The van der Waals surface area contributed by atoms with E-state index in [0.717, 1.165) is 28.2 Å². The third-order valence-electron chi connectivity index (χ3n) is 6.26. The molecule has 190 valence electrons. The molecular formula is C27H18ClF2N5O2S. The molecule has 0 radical (unpaired) electrons. The lowest BCUT2D eigenvalue weighted by atomic mass is 9.97. The highest BCUT2D eigenvalue weighted by atomic mass is 35.5. The van der Waals surface area contributed by atoms with E-state index in [4.69, 9.17) is 11.6 Å². The number of H-pyrrole nitrogens is 1. The molecule has 0 amide bonds. The van der Waals surface area contributed by atoms with Crippen LogP contribution in [-0.2, 0) is 13.0 Å². The van der Waals surface area contributed by atoms with Gasteiger partial charge in [-0.2, -0.15) is 13.9 Å². The topological polar surface area (TPSA) is 85.6 Å². The Morgan fingerprint density at radius 2 is 1.84 bits per heavy atom. The van der Waals surface area contributed by atoms with Gasteiger partial charge in [0.25, 0.3) is 11.5 Å². The van der Waals surface area contributed by atoms with Gasteiger partial charge in [0.2, 0.25) is 0 Å². The molecule has 2 aromatic carbocycles. The van der Waals surface area contributed by atoms with Crippen molar-refractivity contribution in [1.82, 2.24) is 24.3 Å². The largest absolute Gasteiger partial charge is 0.333 e. The maximum absolute atomic E-state index is 14.4. The number of aromatic nitrogens is 5. The van der Waals surface area contributed by atoms with Crippen LogP contribution in [-0.4, -0.2) is 24.3 Å². The van der Waals surface area contributed by atoms with Crippen molar-refractivity contribution >= 4 is 43.9 Å². The van der Waals surface area contributed by atoms with Crippen molar-refractivity contribution in [1.29, 1.82) is 0 Å². The highest BCUT2D eigenvalue weighted by molar-refractivity contribution is 7.22. The van der Waals surface area contributed by atoms with Crippen molar-refractivity contribution in [2.45, 2.75) is 12.8 Å². The molecule has 7 nitrogen and oxygen atoms in total. The van der Waals surface area contributed by atoms with E-state index in [2.05, 4.69) is 15.1 Å². The molecule has 0 aliphatic carbocycles. The van der Waals surface area contributed by atoms with Crippen LogP contribution < -0.4 is 11.2 Å². The summed E-state index contributed by atoms with van der Waals surface area (Å²) < 4.78 is 31.5. The molecule has 0 aliphatic rings. The van der Waals surface area contributed by atoms with Crippen molar-refractivity contribution in [3.8, 4) is 27.3 Å². The monoisotopic (exact) mass is 549 g/mol. The number of aromatic amines is 1. The number of nitrogens with one attached hydrogen (secondary N) is 1. The number of nitrogens with zero attached hydrogens (tertiary/aromatic N) is 4. The first-order valence-corrected chi connectivity index (χ1v) is 12.7. The van der Waals surface area contributed by atoms with Crippen LogP contribution in [0.3, 0.4) is 0 Å². The minimum Gasteiger partial charge on any atom is -0.306 e. The van der Waals surface area contributed by atoms with Crippen LogP contribution in [0.1, 0.15) is 12.6 Å². The molecular weight excluding hydrogens is 532 g/mol. The van der Waals surface area contributed by atoms with Gasteiger partial charge < -0.3 is 4.98 Å². The molecule has 0 spiro atoms. The van der Waals surface area contributed by atoms with Crippen LogP contribution in [0.25, 0.3) is 48.2 Å². The highest BCUT2D eigenvalue weighted by Gasteiger charge is 2.33. The Morgan fingerprint density at radius 1 is 1.05 bits per heavy atom. The van der Waals surface area contributed by atoms with Gasteiger partial charge >= 0.3 is 5.69 Å². The lowest BCUT2D eigenvalue weighted by molar-refractivity contribution is 0.0128. The Kier molecular flexibility index (Phi) is 5.55. The average molecular weight is 550 g/mol. The van der Waals surface area contributed by atoms with Crippen molar-refractivity contribution in [2.24, 2.45) is 7.05 Å². The maximum Gasteiger partial charge on any atom is 0.333 e. The second-order valence-corrected chi connectivity index (χ2v) is 10.4. The minimum absolute atomic E-state index is 0.225. The Labute approximate surface area is 222 Å². The fourth-order valence-corrected chi connectivity index (χ4v) is 6.09. The smallest absolute Gasteiger partial charge is 0.306 e. The number of rotatable bonds is 4. The van der Waals surface area contributed by atoms with E-state index in [-0.39, 0.29) is 16.0 Å². The number of hydrogen-bond acceptors (Lipinski definition) is 5. The van der Waals surface area contributed by atoms with Gasteiger partial charge in [-0.05, 0) is 17.7 Å². The minimum atomic E-state index is -3.19. The number of halogens is 3. The summed E-state index contributed by atoms with van der Waals surface area (Å²) in [4.78, 5) is 34.3. The van der Waals surface area contributed by atoms with Gasteiger partial charge in [-0.25, -0.2) is 9.36 Å². The molecule has 0 aliphatic heterocycles. The second kappa shape index (κ2) is 8.71. The molecule has 38 heavy (non-hydrogen) atoms. The van der Waals surface area contributed by atoms with Crippen LogP contribution in [0.4, 0.5) is 8.78 Å². The van der Waals surface area contributed by atoms with E-state index in [1.165, 1.54) is 17.1 Å². The fourth-order valence-electron chi connectivity index (χ4n) is 4.64. The van der Waals surface area contributed by atoms with Crippen LogP contribution in [0, 0.1) is 0 Å². The molecule has 6 rings (SSSR count). The van der Waals surface area contributed by atoms with Gasteiger partial charge in [0.15, 0.2) is 0 Å². The summed E-state index contributed by atoms with van der Waals surface area (Å²) in [5, 5.41) is 5.77. The Morgan fingerprint density at radius 3 is 2.63 bits per heavy atom. The second-order valence-electron chi connectivity index (χ2n) is 8.92. The van der Waals surface area contributed by atoms with Crippen molar-refractivity contribution in [3.05, 3.63) is 98.7 Å². The van der Waals surface area contributed by atoms with Gasteiger partial charge in [-0.3, -0.25) is 14.5 Å². The van der Waals surface area contributed by atoms with Crippen LogP contribution >= 0.6 is 22.9 Å². The molecule has 0 unspecified atom stereocenters. The molecule has 0 atom stereocenters. The number of pyridine rings is 1. The van der Waals surface area contributed by atoms with Crippen LogP contribution in [0.2, 0.25) is 5.02 Å². The summed E-state index contributed by atoms with van der Waals surface area (Å²) in [6.07, 6.45) is 4.64. The van der Waals surface area contributed by atoms with E-state index in [0.29, 0.717) is 37.6 Å². The first kappa shape index (κ1) is 24.2. The van der Waals surface area contributed by atoms with E-state index in [1.807, 2.05) is 24.3 Å². The van der Waals surface area contributed by atoms with Gasteiger partial charge in [-0.15, -0.1) is 11.3 Å². The van der Waals surface area contributed by atoms with E-state index in [9.17, 15) is 18.4 Å². The van der Waals surface area contributed by atoms with Crippen molar-refractivity contribution in [3.63, 3.8) is 0 Å². The van der Waals surface area contributed by atoms with Crippen LogP contribution in [0.5, 0.6) is 0 Å². The lowest BCUT2D eigenvalue weighted by Crippen LogP contribution is -2.33. The summed E-state index contributed by atoms with van der Waals surface area (Å²) >= 11 is 7.73. The zero-order valence-corrected chi connectivity index (χ0v) is 21.6. The zero-order chi connectivity index (χ0) is 26.8. The predicted octanol–water partition coefficient (Wildman–Crippen LogP) is 6.12. The molecule has 11 heteroatoms. The normalized spacial score (nSPS) is 12.0. The first-order chi connectivity index (χ1) is 18.1.